The molecular weight excluding hydrogens is 242 g/mol. The van der Waals surface area contributed by atoms with E-state index in [4.69, 9.17) is 0 Å². The summed E-state index contributed by atoms with van der Waals surface area (Å²) in [5.41, 5.74) is 0.787. The number of hydrogen-bond donors (Lipinski definition) is 0. The van der Waals surface area contributed by atoms with E-state index in [1.165, 1.54) is 11.3 Å². The SMILES string of the molecule is Cc1cnc(S(=O)(=O)Cc2ccccc2)s1. The first kappa shape index (κ1) is 11.3. The lowest BCUT2D eigenvalue weighted by Gasteiger charge is -2.00. The second-order valence-corrected chi connectivity index (χ2v) is 6.88. The number of aromatic nitrogens is 1. The van der Waals surface area contributed by atoms with Gasteiger partial charge < -0.3 is 0 Å². The van der Waals surface area contributed by atoms with Crippen molar-refractivity contribution in [3.05, 3.63) is 47.0 Å². The van der Waals surface area contributed by atoms with E-state index in [0.29, 0.717) is 0 Å². The highest BCUT2D eigenvalue weighted by molar-refractivity contribution is 7.92. The maximum Gasteiger partial charge on any atom is 0.209 e. The normalized spacial score (nSPS) is 11.6. The van der Waals surface area contributed by atoms with Crippen LogP contribution in [0.15, 0.2) is 40.9 Å². The minimum Gasteiger partial charge on any atom is -0.233 e. The number of rotatable bonds is 3. The van der Waals surface area contributed by atoms with Crippen LogP contribution in [0.4, 0.5) is 0 Å². The third-order valence-electron chi connectivity index (χ3n) is 2.07. The minimum atomic E-state index is -3.29. The van der Waals surface area contributed by atoms with E-state index < -0.39 is 9.84 Å². The number of hydrogen-bond acceptors (Lipinski definition) is 4. The standard InChI is InChI=1S/C11H11NO2S2/c1-9-7-12-11(15-9)16(13,14)8-10-5-3-2-4-6-10/h2-7H,8H2,1H3. The molecule has 2 rings (SSSR count). The Labute approximate surface area is 98.7 Å². The molecule has 16 heavy (non-hydrogen) atoms. The van der Waals surface area contributed by atoms with E-state index in [0.717, 1.165) is 10.4 Å². The summed E-state index contributed by atoms with van der Waals surface area (Å²) in [6.45, 7) is 1.85. The van der Waals surface area contributed by atoms with Crippen molar-refractivity contribution in [3.63, 3.8) is 0 Å². The zero-order valence-corrected chi connectivity index (χ0v) is 10.4. The van der Waals surface area contributed by atoms with E-state index >= 15 is 0 Å². The van der Waals surface area contributed by atoms with Gasteiger partial charge in [-0.3, -0.25) is 0 Å². The summed E-state index contributed by atoms with van der Waals surface area (Å²) in [4.78, 5) is 4.82. The van der Waals surface area contributed by atoms with E-state index in [1.54, 1.807) is 18.3 Å². The Morgan fingerprint density at radius 1 is 1.25 bits per heavy atom. The summed E-state index contributed by atoms with van der Waals surface area (Å²) in [6, 6.07) is 9.13. The topological polar surface area (TPSA) is 47.0 Å². The van der Waals surface area contributed by atoms with Crippen molar-refractivity contribution in [2.75, 3.05) is 0 Å². The number of nitrogens with zero attached hydrogens (tertiary/aromatic N) is 1. The van der Waals surface area contributed by atoms with Gasteiger partial charge in [0.1, 0.15) is 0 Å². The third kappa shape index (κ3) is 2.48. The molecular formula is C11H11NO2S2. The van der Waals surface area contributed by atoms with Crippen LogP contribution in [0.25, 0.3) is 0 Å². The molecule has 0 N–H and O–H groups in total. The van der Waals surface area contributed by atoms with Gasteiger partial charge >= 0.3 is 0 Å². The largest absolute Gasteiger partial charge is 0.233 e. The molecule has 0 aliphatic carbocycles. The zero-order valence-electron chi connectivity index (χ0n) is 8.75. The first-order valence-electron chi connectivity index (χ1n) is 4.77. The summed E-state index contributed by atoms with van der Waals surface area (Å²) in [6.07, 6.45) is 1.59. The van der Waals surface area contributed by atoms with Gasteiger partial charge in [-0.2, -0.15) is 0 Å². The van der Waals surface area contributed by atoms with Gasteiger partial charge in [-0.25, -0.2) is 13.4 Å². The average Bonchev–Trinajstić information content (AvgIpc) is 2.66. The number of benzene rings is 1. The van der Waals surface area contributed by atoms with Gasteiger partial charge in [0, 0.05) is 11.1 Å². The van der Waals surface area contributed by atoms with Crippen LogP contribution >= 0.6 is 11.3 Å². The van der Waals surface area contributed by atoms with Crippen molar-refractivity contribution < 1.29 is 8.42 Å². The zero-order chi connectivity index (χ0) is 11.6. The molecule has 1 aromatic carbocycles. The molecule has 0 unspecified atom stereocenters. The van der Waals surface area contributed by atoms with Crippen molar-refractivity contribution in [3.8, 4) is 0 Å². The lowest BCUT2D eigenvalue weighted by atomic mass is 10.2. The van der Waals surface area contributed by atoms with Gasteiger partial charge in [0.05, 0.1) is 5.75 Å². The molecule has 0 aliphatic heterocycles. The van der Waals surface area contributed by atoms with Gasteiger partial charge in [0.15, 0.2) is 0 Å². The van der Waals surface area contributed by atoms with Crippen LogP contribution in [0, 0.1) is 6.92 Å². The van der Waals surface area contributed by atoms with E-state index in [9.17, 15) is 8.42 Å². The van der Waals surface area contributed by atoms with Crippen LogP contribution in [0.5, 0.6) is 0 Å². The van der Waals surface area contributed by atoms with Gasteiger partial charge in [-0.05, 0) is 12.5 Å². The molecule has 0 amide bonds. The molecule has 0 radical (unpaired) electrons. The Morgan fingerprint density at radius 2 is 1.94 bits per heavy atom. The van der Waals surface area contributed by atoms with Crippen molar-refractivity contribution in [1.82, 2.24) is 4.98 Å². The van der Waals surface area contributed by atoms with Crippen LogP contribution in [0.3, 0.4) is 0 Å². The number of thiazole rings is 1. The Hall–Kier alpha value is -1.20. The molecule has 0 atom stereocenters. The molecule has 2 aromatic rings. The van der Waals surface area contributed by atoms with Crippen LogP contribution in [0.2, 0.25) is 0 Å². The van der Waals surface area contributed by atoms with Gasteiger partial charge in [0.2, 0.25) is 14.2 Å². The quantitative estimate of drug-likeness (QED) is 0.844. The Morgan fingerprint density at radius 3 is 2.50 bits per heavy atom. The molecule has 0 saturated heterocycles. The van der Waals surface area contributed by atoms with E-state index in [1.807, 2.05) is 25.1 Å². The lowest BCUT2D eigenvalue weighted by molar-refractivity contribution is 0.594. The highest BCUT2D eigenvalue weighted by Crippen LogP contribution is 2.21. The molecule has 0 spiro atoms. The second-order valence-electron chi connectivity index (χ2n) is 3.48. The van der Waals surface area contributed by atoms with Crippen molar-refractivity contribution in [2.24, 2.45) is 0 Å². The monoisotopic (exact) mass is 253 g/mol. The van der Waals surface area contributed by atoms with E-state index in [2.05, 4.69) is 4.98 Å². The molecule has 1 aromatic heterocycles. The smallest absolute Gasteiger partial charge is 0.209 e. The fourth-order valence-corrected chi connectivity index (χ4v) is 3.87. The Balaban J connectivity index is 2.28. The van der Waals surface area contributed by atoms with Crippen LogP contribution in [0.1, 0.15) is 10.4 Å². The summed E-state index contributed by atoms with van der Waals surface area (Å²) in [5, 5.41) is 0. The maximum absolute atomic E-state index is 12.0. The predicted molar refractivity (Wildman–Crippen MR) is 64.2 cm³/mol. The molecule has 0 fully saturated rings. The number of aryl methyl sites for hydroxylation is 1. The molecule has 3 nitrogen and oxygen atoms in total. The molecule has 1 heterocycles. The predicted octanol–water partition coefficient (Wildman–Crippen LogP) is 2.43. The summed E-state index contributed by atoms with van der Waals surface area (Å²) < 4.78 is 24.1. The fourth-order valence-electron chi connectivity index (χ4n) is 1.33. The molecule has 0 aliphatic rings. The number of sulfone groups is 1. The molecule has 5 heteroatoms. The highest BCUT2D eigenvalue weighted by atomic mass is 32.2. The first-order chi connectivity index (χ1) is 7.58. The summed E-state index contributed by atoms with van der Waals surface area (Å²) >= 11 is 1.21. The van der Waals surface area contributed by atoms with Gasteiger partial charge in [-0.15, -0.1) is 11.3 Å². The summed E-state index contributed by atoms with van der Waals surface area (Å²) in [7, 11) is -3.29. The molecule has 0 bridgehead atoms. The van der Waals surface area contributed by atoms with E-state index in [-0.39, 0.29) is 10.1 Å². The van der Waals surface area contributed by atoms with Crippen molar-refractivity contribution >= 4 is 21.2 Å². The maximum atomic E-state index is 12.0. The average molecular weight is 253 g/mol. The summed E-state index contributed by atoms with van der Waals surface area (Å²) in [5.74, 6) is 0.0147. The van der Waals surface area contributed by atoms with Crippen molar-refractivity contribution in [1.29, 1.82) is 0 Å². The second kappa shape index (κ2) is 4.35. The van der Waals surface area contributed by atoms with Gasteiger partial charge in [-0.1, -0.05) is 30.3 Å². The molecule has 0 saturated carbocycles. The Kier molecular flexibility index (Phi) is 3.07. The minimum absolute atomic E-state index is 0.0147. The first-order valence-corrected chi connectivity index (χ1v) is 7.24. The Bertz CT molecular complexity index is 573. The third-order valence-corrected chi connectivity index (χ3v) is 5.14. The fraction of sp³-hybridized carbons (Fsp3) is 0.182. The van der Waals surface area contributed by atoms with Gasteiger partial charge in [0.25, 0.3) is 0 Å². The lowest BCUT2D eigenvalue weighted by Crippen LogP contribution is -2.04. The van der Waals surface area contributed by atoms with Crippen molar-refractivity contribution in [2.45, 2.75) is 17.0 Å². The van der Waals surface area contributed by atoms with Crippen LogP contribution < -0.4 is 0 Å². The van der Waals surface area contributed by atoms with Crippen LogP contribution in [-0.2, 0) is 15.6 Å². The van der Waals surface area contributed by atoms with Crippen LogP contribution in [-0.4, -0.2) is 13.4 Å². The molecule has 84 valence electrons. The highest BCUT2D eigenvalue weighted by Gasteiger charge is 2.18.